The van der Waals surface area contributed by atoms with Gasteiger partial charge in [0.1, 0.15) is 17.1 Å². The van der Waals surface area contributed by atoms with E-state index in [9.17, 15) is 9.59 Å². The van der Waals surface area contributed by atoms with Crippen LogP contribution in [-0.2, 0) is 6.42 Å². The Hall–Kier alpha value is -3.14. The topological polar surface area (TPSA) is 98.1 Å². The number of carbonyl (C=O) groups is 1. The van der Waals surface area contributed by atoms with Crippen molar-refractivity contribution >= 4 is 27.3 Å². The lowest BCUT2D eigenvalue weighted by atomic mass is 10.0. The monoisotopic (exact) mass is 457 g/mol. The molecule has 0 radical (unpaired) electrons. The van der Waals surface area contributed by atoms with Gasteiger partial charge in [-0.1, -0.05) is 24.3 Å². The van der Waals surface area contributed by atoms with Crippen molar-refractivity contribution in [2.45, 2.75) is 26.2 Å². The van der Waals surface area contributed by atoms with Gasteiger partial charge in [0.05, 0.1) is 14.2 Å². The van der Waals surface area contributed by atoms with Crippen LogP contribution in [0.5, 0.6) is 11.5 Å². The molecule has 2 aromatic heterocycles. The van der Waals surface area contributed by atoms with E-state index < -0.39 is 11.5 Å². The number of hydrogen-bond donors (Lipinski definition) is 1. The van der Waals surface area contributed by atoms with Crippen LogP contribution in [-0.4, -0.2) is 54.4 Å². The Kier molecular flexibility index (Phi) is 6.59. The van der Waals surface area contributed by atoms with E-state index >= 15 is 0 Å². The molecule has 3 heterocycles. The van der Waals surface area contributed by atoms with Crippen molar-refractivity contribution in [1.82, 2.24) is 19.9 Å². The number of fused-ring (bicyclic) bond motifs is 1. The van der Waals surface area contributed by atoms with E-state index in [0.717, 1.165) is 30.2 Å². The van der Waals surface area contributed by atoms with Gasteiger partial charge in [0.2, 0.25) is 10.1 Å². The maximum atomic E-state index is 12.9. The van der Waals surface area contributed by atoms with Gasteiger partial charge in [0.25, 0.3) is 11.5 Å². The average Bonchev–Trinajstić information content (AvgIpc) is 3.25. The normalized spacial score (nSPS) is 16.2. The summed E-state index contributed by atoms with van der Waals surface area (Å²) in [6.07, 6.45) is 4.18. The molecule has 9 nitrogen and oxygen atoms in total. The Bertz CT molecular complexity index is 1170. The molecule has 1 aliphatic heterocycles. The van der Waals surface area contributed by atoms with E-state index in [2.05, 4.69) is 27.2 Å². The average molecular weight is 458 g/mol. The lowest BCUT2D eigenvalue weighted by Gasteiger charge is -2.30. The van der Waals surface area contributed by atoms with Gasteiger partial charge in [-0.15, -0.1) is 5.10 Å². The van der Waals surface area contributed by atoms with Gasteiger partial charge in [0, 0.05) is 31.9 Å². The summed E-state index contributed by atoms with van der Waals surface area (Å²) in [5.74, 6) is 1.50. The van der Waals surface area contributed by atoms with Crippen LogP contribution < -0.4 is 25.2 Å². The first-order valence-corrected chi connectivity index (χ1v) is 11.4. The van der Waals surface area contributed by atoms with Crippen LogP contribution >= 0.6 is 11.3 Å². The minimum Gasteiger partial charge on any atom is -0.497 e. The summed E-state index contributed by atoms with van der Waals surface area (Å²) in [6.45, 7) is 4.39. The van der Waals surface area contributed by atoms with Crippen LogP contribution in [0, 0.1) is 5.92 Å². The SMILES string of the molecule is COc1ccc(CCNC(=O)c2cnc3sc(N4CCC[C@H](C)C4)nn3c2=O)c(OC)c1. The van der Waals surface area contributed by atoms with Crippen LogP contribution in [0.4, 0.5) is 5.13 Å². The van der Waals surface area contributed by atoms with Gasteiger partial charge >= 0.3 is 0 Å². The number of nitrogens with one attached hydrogen (secondary N) is 1. The molecule has 1 amide bonds. The Morgan fingerprint density at radius 3 is 2.91 bits per heavy atom. The molecule has 1 aromatic carbocycles. The van der Waals surface area contributed by atoms with Gasteiger partial charge < -0.3 is 19.7 Å². The number of nitrogens with zero attached hydrogens (tertiary/aromatic N) is 4. The second-order valence-electron chi connectivity index (χ2n) is 7.93. The Morgan fingerprint density at radius 1 is 1.31 bits per heavy atom. The fourth-order valence-electron chi connectivity index (χ4n) is 3.89. The first kappa shape index (κ1) is 22.1. The van der Waals surface area contributed by atoms with E-state index in [-0.39, 0.29) is 5.56 Å². The number of hydrogen-bond acceptors (Lipinski definition) is 8. The summed E-state index contributed by atoms with van der Waals surface area (Å²) in [7, 11) is 3.18. The van der Waals surface area contributed by atoms with E-state index in [1.165, 1.54) is 28.5 Å². The van der Waals surface area contributed by atoms with Crippen LogP contribution in [0.3, 0.4) is 0 Å². The standard InChI is InChI=1S/C22H27N5O4S/c1-14-5-4-10-26(13-14)22-25-27-20(29)17(12-24-21(27)32-22)19(28)23-9-8-15-6-7-16(30-2)11-18(15)31-3/h6-7,11-12,14H,4-5,8-10,13H2,1-3H3,(H,23,28)/t14-/m0/s1. The number of methoxy groups -OCH3 is 2. The smallest absolute Gasteiger partial charge is 0.288 e. The van der Waals surface area contributed by atoms with Gasteiger partial charge in [-0.25, -0.2) is 4.98 Å². The first-order valence-electron chi connectivity index (χ1n) is 10.6. The van der Waals surface area contributed by atoms with Gasteiger partial charge in [-0.2, -0.15) is 4.52 Å². The Balaban J connectivity index is 1.46. The Labute approximate surface area is 190 Å². The lowest BCUT2D eigenvalue weighted by Crippen LogP contribution is -2.35. The molecular weight excluding hydrogens is 430 g/mol. The summed E-state index contributed by atoms with van der Waals surface area (Å²) >= 11 is 1.37. The molecule has 1 aliphatic rings. The third kappa shape index (κ3) is 4.55. The maximum Gasteiger partial charge on any atom is 0.288 e. The third-order valence-corrected chi connectivity index (χ3v) is 6.61. The van der Waals surface area contributed by atoms with E-state index in [4.69, 9.17) is 9.47 Å². The van der Waals surface area contributed by atoms with Crippen molar-refractivity contribution in [3.8, 4) is 11.5 Å². The van der Waals surface area contributed by atoms with Crippen molar-refractivity contribution in [1.29, 1.82) is 0 Å². The molecule has 0 saturated carbocycles. The second-order valence-corrected chi connectivity index (χ2v) is 8.87. The van der Waals surface area contributed by atoms with Crippen molar-refractivity contribution < 1.29 is 14.3 Å². The fraction of sp³-hybridized carbons (Fsp3) is 0.455. The van der Waals surface area contributed by atoms with Gasteiger partial charge in [-0.05, 0) is 36.8 Å². The van der Waals surface area contributed by atoms with E-state index in [1.54, 1.807) is 20.3 Å². The number of benzene rings is 1. The number of anilines is 1. The fourth-order valence-corrected chi connectivity index (χ4v) is 4.78. The molecule has 0 bridgehead atoms. The molecule has 0 unspecified atom stereocenters. The van der Waals surface area contributed by atoms with Crippen LogP contribution in [0.1, 0.15) is 35.7 Å². The predicted octanol–water partition coefficient (Wildman–Crippen LogP) is 2.38. The molecule has 0 aliphatic carbocycles. The highest BCUT2D eigenvalue weighted by Gasteiger charge is 2.22. The number of ether oxygens (including phenoxy) is 2. The zero-order valence-corrected chi connectivity index (χ0v) is 19.3. The first-order chi connectivity index (χ1) is 15.5. The minimum absolute atomic E-state index is 0.0203. The molecule has 1 saturated heterocycles. The van der Waals surface area contributed by atoms with Gasteiger partial charge in [-0.3, -0.25) is 9.59 Å². The molecule has 1 N–H and O–H groups in total. The van der Waals surface area contributed by atoms with Crippen molar-refractivity contribution in [2.24, 2.45) is 5.92 Å². The zero-order valence-electron chi connectivity index (χ0n) is 18.5. The summed E-state index contributed by atoms with van der Waals surface area (Å²) in [4.78, 5) is 32.5. The van der Waals surface area contributed by atoms with Crippen LogP contribution in [0.15, 0.2) is 29.2 Å². The predicted molar refractivity (Wildman–Crippen MR) is 123 cm³/mol. The second kappa shape index (κ2) is 9.56. The van der Waals surface area contributed by atoms with Crippen molar-refractivity contribution in [3.63, 3.8) is 0 Å². The highest BCUT2D eigenvalue weighted by Crippen LogP contribution is 2.27. The van der Waals surface area contributed by atoms with Crippen molar-refractivity contribution in [3.05, 3.63) is 45.9 Å². The number of piperidine rings is 1. The van der Waals surface area contributed by atoms with E-state index in [1.807, 2.05) is 12.1 Å². The largest absolute Gasteiger partial charge is 0.497 e. The molecule has 4 rings (SSSR count). The minimum atomic E-state index is -0.467. The molecule has 1 fully saturated rings. The van der Waals surface area contributed by atoms with Crippen LogP contribution in [0.25, 0.3) is 4.96 Å². The zero-order chi connectivity index (χ0) is 22.7. The summed E-state index contributed by atoms with van der Waals surface area (Å²) in [5.41, 5.74) is 0.453. The van der Waals surface area contributed by atoms with Gasteiger partial charge in [0.15, 0.2) is 0 Å². The molecule has 1 atom stereocenters. The lowest BCUT2D eigenvalue weighted by molar-refractivity contribution is 0.0952. The number of rotatable bonds is 7. The third-order valence-electron chi connectivity index (χ3n) is 5.62. The summed E-state index contributed by atoms with van der Waals surface area (Å²) in [6, 6.07) is 5.53. The molecular formula is C22H27N5O4S. The van der Waals surface area contributed by atoms with Crippen molar-refractivity contribution in [2.75, 3.05) is 38.8 Å². The summed E-state index contributed by atoms with van der Waals surface area (Å²) < 4.78 is 11.8. The number of amides is 1. The quantitative estimate of drug-likeness (QED) is 0.582. The van der Waals surface area contributed by atoms with E-state index in [0.29, 0.717) is 35.3 Å². The number of aromatic nitrogens is 3. The molecule has 32 heavy (non-hydrogen) atoms. The molecule has 10 heteroatoms. The highest BCUT2D eigenvalue weighted by molar-refractivity contribution is 7.20. The Morgan fingerprint density at radius 2 is 2.16 bits per heavy atom. The van der Waals surface area contributed by atoms with Crippen LogP contribution in [0.2, 0.25) is 0 Å². The highest BCUT2D eigenvalue weighted by atomic mass is 32.1. The number of carbonyl (C=O) groups excluding carboxylic acids is 1. The molecule has 170 valence electrons. The summed E-state index contributed by atoms with van der Waals surface area (Å²) in [5, 5.41) is 8.02. The maximum absolute atomic E-state index is 12.9. The molecule has 0 spiro atoms. The molecule has 3 aromatic rings.